The Balaban J connectivity index is 2.12. The number of hydrogen-bond donors (Lipinski definition) is 1. The second kappa shape index (κ2) is 5.65. The third kappa shape index (κ3) is 3.19. The van der Waals surface area contributed by atoms with Crippen molar-refractivity contribution in [3.8, 4) is 0 Å². The zero-order chi connectivity index (χ0) is 13.8. The molecule has 2 rings (SSSR count). The normalized spacial score (nSPS) is 10.6. The van der Waals surface area contributed by atoms with Gasteiger partial charge in [0.15, 0.2) is 0 Å². The SMILES string of the molecule is Cc1ncn(CCc2ccccc2F)c1CC(=O)O. The van der Waals surface area contributed by atoms with Crippen LogP contribution >= 0.6 is 0 Å². The fourth-order valence-corrected chi connectivity index (χ4v) is 2.02. The molecule has 0 spiro atoms. The Bertz CT molecular complexity index is 593. The molecular weight excluding hydrogens is 247 g/mol. The van der Waals surface area contributed by atoms with Gasteiger partial charge in [-0.1, -0.05) is 18.2 Å². The van der Waals surface area contributed by atoms with Crippen LogP contribution in [-0.2, 0) is 24.2 Å². The summed E-state index contributed by atoms with van der Waals surface area (Å²) in [4.78, 5) is 14.9. The third-order valence-electron chi connectivity index (χ3n) is 3.05. The lowest BCUT2D eigenvalue weighted by Gasteiger charge is -2.08. The molecule has 1 N–H and O–H groups in total. The molecule has 5 heteroatoms. The van der Waals surface area contributed by atoms with E-state index < -0.39 is 5.97 Å². The summed E-state index contributed by atoms with van der Waals surface area (Å²) in [5, 5.41) is 8.86. The number of carboxylic acids is 1. The number of aryl methyl sites for hydroxylation is 3. The minimum Gasteiger partial charge on any atom is -0.481 e. The summed E-state index contributed by atoms with van der Waals surface area (Å²) in [7, 11) is 0. The van der Waals surface area contributed by atoms with Crippen molar-refractivity contribution in [3.05, 3.63) is 53.4 Å². The average Bonchev–Trinajstić information content (AvgIpc) is 2.70. The van der Waals surface area contributed by atoms with Crippen molar-refractivity contribution >= 4 is 5.97 Å². The molecule has 0 aliphatic heterocycles. The van der Waals surface area contributed by atoms with E-state index in [4.69, 9.17) is 5.11 Å². The Hall–Kier alpha value is -2.17. The Kier molecular flexibility index (Phi) is 3.94. The number of aromatic nitrogens is 2. The number of carboxylic acid groups (broad SMARTS) is 1. The summed E-state index contributed by atoms with van der Waals surface area (Å²) < 4.78 is 15.3. The molecule has 0 radical (unpaired) electrons. The van der Waals surface area contributed by atoms with Gasteiger partial charge < -0.3 is 9.67 Å². The fourth-order valence-electron chi connectivity index (χ4n) is 2.02. The first-order chi connectivity index (χ1) is 9.08. The fraction of sp³-hybridized carbons (Fsp3) is 0.286. The van der Waals surface area contributed by atoms with Gasteiger partial charge in [0, 0.05) is 6.54 Å². The van der Waals surface area contributed by atoms with Gasteiger partial charge in [-0.3, -0.25) is 4.79 Å². The van der Waals surface area contributed by atoms with E-state index in [1.165, 1.54) is 6.07 Å². The largest absolute Gasteiger partial charge is 0.481 e. The Morgan fingerprint density at radius 3 is 2.84 bits per heavy atom. The zero-order valence-corrected chi connectivity index (χ0v) is 10.6. The van der Waals surface area contributed by atoms with E-state index >= 15 is 0 Å². The van der Waals surface area contributed by atoms with Gasteiger partial charge in [-0.05, 0) is 25.0 Å². The predicted molar refractivity (Wildman–Crippen MR) is 68.4 cm³/mol. The Morgan fingerprint density at radius 2 is 2.16 bits per heavy atom. The van der Waals surface area contributed by atoms with Gasteiger partial charge in [0.2, 0.25) is 0 Å². The summed E-state index contributed by atoms with van der Waals surface area (Å²) in [5.41, 5.74) is 2.00. The summed E-state index contributed by atoms with van der Waals surface area (Å²) in [6, 6.07) is 6.59. The van der Waals surface area contributed by atoms with E-state index in [9.17, 15) is 9.18 Å². The Labute approximate surface area is 110 Å². The molecule has 1 heterocycles. The molecule has 0 saturated carbocycles. The third-order valence-corrected chi connectivity index (χ3v) is 3.05. The second-order valence-corrected chi connectivity index (χ2v) is 4.38. The molecule has 100 valence electrons. The molecular formula is C14H15FN2O2. The lowest BCUT2D eigenvalue weighted by Crippen LogP contribution is -2.10. The van der Waals surface area contributed by atoms with Crippen LogP contribution in [0.3, 0.4) is 0 Å². The molecule has 1 aromatic carbocycles. The molecule has 2 aromatic rings. The smallest absolute Gasteiger partial charge is 0.309 e. The van der Waals surface area contributed by atoms with Crippen LogP contribution < -0.4 is 0 Å². The van der Waals surface area contributed by atoms with E-state index in [1.54, 1.807) is 36.0 Å². The molecule has 0 amide bonds. The van der Waals surface area contributed by atoms with Gasteiger partial charge in [0.05, 0.1) is 24.1 Å². The average molecular weight is 262 g/mol. The number of imidazole rings is 1. The number of nitrogens with zero attached hydrogens (tertiary/aromatic N) is 2. The summed E-state index contributed by atoms with van der Waals surface area (Å²) in [6.45, 7) is 2.29. The standard InChI is InChI=1S/C14H15FN2O2/c1-10-13(8-14(18)19)17(9-16-10)7-6-11-4-2-3-5-12(11)15/h2-5,9H,6-8H2,1H3,(H,18,19). The summed E-state index contributed by atoms with van der Waals surface area (Å²) in [6.07, 6.45) is 2.05. The van der Waals surface area contributed by atoms with Crippen molar-refractivity contribution in [1.29, 1.82) is 0 Å². The second-order valence-electron chi connectivity index (χ2n) is 4.38. The highest BCUT2D eigenvalue weighted by molar-refractivity contribution is 5.69. The number of carbonyl (C=O) groups is 1. The monoisotopic (exact) mass is 262 g/mol. The van der Waals surface area contributed by atoms with Crippen molar-refractivity contribution < 1.29 is 14.3 Å². The highest BCUT2D eigenvalue weighted by atomic mass is 19.1. The van der Waals surface area contributed by atoms with Crippen LogP contribution in [-0.4, -0.2) is 20.6 Å². The van der Waals surface area contributed by atoms with Crippen LogP contribution in [0.2, 0.25) is 0 Å². The molecule has 1 aromatic heterocycles. The van der Waals surface area contributed by atoms with Gasteiger partial charge in [0.1, 0.15) is 5.82 Å². The first kappa shape index (κ1) is 13.3. The molecule has 19 heavy (non-hydrogen) atoms. The molecule has 0 bridgehead atoms. The molecule has 0 fully saturated rings. The van der Waals surface area contributed by atoms with Crippen LogP contribution in [0.15, 0.2) is 30.6 Å². The minimum absolute atomic E-state index is 0.0664. The van der Waals surface area contributed by atoms with Crippen molar-refractivity contribution in [2.75, 3.05) is 0 Å². The number of hydrogen-bond acceptors (Lipinski definition) is 2. The van der Waals surface area contributed by atoms with Crippen molar-refractivity contribution in [2.45, 2.75) is 26.3 Å². The minimum atomic E-state index is -0.893. The summed E-state index contributed by atoms with van der Waals surface area (Å²) >= 11 is 0. The first-order valence-corrected chi connectivity index (χ1v) is 6.03. The van der Waals surface area contributed by atoms with Gasteiger partial charge in [0.25, 0.3) is 0 Å². The number of benzene rings is 1. The van der Waals surface area contributed by atoms with Crippen LogP contribution in [0.4, 0.5) is 4.39 Å². The van der Waals surface area contributed by atoms with Crippen molar-refractivity contribution in [2.24, 2.45) is 0 Å². The quantitative estimate of drug-likeness (QED) is 0.898. The molecule has 0 aliphatic rings. The maximum Gasteiger partial charge on any atom is 0.309 e. The van der Waals surface area contributed by atoms with E-state index in [1.807, 2.05) is 0 Å². The predicted octanol–water partition coefficient (Wildman–Crippen LogP) is 2.20. The van der Waals surface area contributed by atoms with Crippen LogP contribution in [0.25, 0.3) is 0 Å². The Morgan fingerprint density at radius 1 is 1.42 bits per heavy atom. The van der Waals surface area contributed by atoms with Crippen molar-refractivity contribution in [1.82, 2.24) is 9.55 Å². The van der Waals surface area contributed by atoms with Crippen LogP contribution in [0, 0.1) is 12.7 Å². The molecule has 0 aliphatic carbocycles. The number of aliphatic carboxylic acids is 1. The van der Waals surface area contributed by atoms with E-state index in [0.717, 1.165) is 0 Å². The van der Waals surface area contributed by atoms with Gasteiger partial charge in [-0.15, -0.1) is 0 Å². The lowest BCUT2D eigenvalue weighted by molar-refractivity contribution is -0.136. The van der Waals surface area contributed by atoms with Crippen LogP contribution in [0.1, 0.15) is 17.0 Å². The number of rotatable bonds is 5. The van der Waals surface area contributed by atoms with Gasteiger partial charge >= 0.3 is 5.97 Å². The van der Waals surface area contributed by atoms with E-state index in [-0.39, 0.29) is 12.2 Å². The molecule has 0 unspecified atom stereocenters. The van der Waals surface area contributed by atoms with Gasteiger partial charge in [-0.2, -0.15) is 0 Å². The maximum atomic E-state index is 13.5. The van der Waals surface area contributed by atoms with Crippen LogP contribution in [0.5, 0.6) is 0 Å². The number of halogens is 1. The first-order valence-electron chi connectivity index (χ1n) is 6.03. The maximum absolute atomic E-state index is 13.5. The zero-order valence-electron chi connectivity index (χ0n) is 10.6. The van der Waals surface area contributed by atoms with E-state index in [0.29, 0.717) is 29.9 Å². The topological polar surface area (TPSA) is 55.1 Å². The molecule has 0 atom stereocenters. The summed E-state index contributed by atoms with van der Waals surface area (Å²) in [5.74, 6) is -1.13. The van der Waals surface area contributed by atoms with Crippen molar-refractivity contribution in [3.63, 3.8) is 0 Å². The van der Waals surface area contributed by atoms with E-state index in [2.05, 4.69) is 4.98 Å². The molecule has 4 nitrogen and oxygen atoms in total. The lowest BCUT2D eigenvalue weighted by atomic mass is 10.1. The highest BCUT2D eigenvalue weighted by Crippen LogP contribution is 2.12. The van der Waals surface area contributed by atoms with Gasteiger partial charge in [-0.25, -0.2) is 9.37 Å². The highest BCUT2D eigenvalue weighted by Gasteiger charge is 2.11. The molecule has 0 saturated heterocycles.